The van der Waals surface area contributed by atoms with Gasteiger partial charge >= 0.3 is 0 Å². The lowest BCUT2D eigenvalue weighted by Gasteiger charge is -2.08. The first-order valence-electron chi connectivity index (χ1n) is 7.83. The largest absolute Gasteiger partial charge is 0.486 e. The van der Waals surface area contributed by atoms with Gasteiger partial charge in [0.25, 0.3) is 11.3 Å². The minimum Gasteiger partial charge on any atom is -0.486 e. The lowest BCUT2D eigenvalue weighted by Crippen LogP contribution is -2.16. The molecule has 0 saturated heterocycles. The Morgan fingerprint density at radius 2 is 1.92 bits per heavy atom. The third kappa shape index (κ3) is 3.00. The van der Waals surface area contributed by atoms with Crippen LogP contribution in [0.1, 0.15) is 5.69 Å². The zero-order chi connectivity index (χ0) is 18.1. The summed E-state index contributed by atoms with van der Waals surface area (Å²) in [6.45, 7) is 0.0719. The molecule has 0 radical (unpaired) electrons. The van der Waals surface area contributed by atoms with E-state index in [1.165, 1.54) is 10.6 Å². The third-order valence-electron chi connectivity index (χ3n) is 3.80. The molecule has 0 aliphatic carbocycles. The normalized spacial score (nSPS) is 11.0. The maximum absolute atomic E-state index is 12.3. The van der Waals surface area contributed by atoms with Crippen molar-refractivity contribution < 1.29 is 4.74 Å². The van der Waals surface area contributed by atoms with E-state index < -0.39 is 0 Å². The standard InChI is InChI=1S/C18H14ClN5O2/c19-16-13(20)7-4-8-14(16)26-10-12-9-15(25)24-18(21-12)22-17(23-24)11-5-2-1-3-6-11/h1-9H,10,20H2,(H,21,22,23). The molecule has 0 fully saturated rings. The van der Waals surface area contributed by atoms with Gasteiger partial charge in [-0.3, -0.25) is 9.89 Å². The van der Waals surface area contributed by atoms with Gasteiger partial charge in [-0.1, -0.05) is 48.0 Å². The number of hydrogen-bond acceptors (Lipinski definition) is 5. The molecule has 4 rings (SSSR count). The molecule has 7 nitrogen and oxygen atoms in total. The molecule has 2 aromatic carbocycles. The summed E-state index contributed by atoms with van der Waals surface area (Å²) >= 11 is 6.10. The fourth-order valence-corrected chi connectivity index (χ4v) is 2.70. The summed E-state index contributed by atoms with van der Waals surface area (Å²) in [6.07, 6.45) is 0. The van der Waals surface area contributed by atoms with E-state index in [0.29, 0.717) is 28.0 Å². The molecule has 0 spiro atoms. The highest BCUT2D eigenvalue weighted by molar-refractivity contribution is 6.34. The molecule has 26 heavy (non-hydrogen) atoms. The molecule has 2 aromatic heterocycles. The van der Waals surface area contributed by atoms with Crippen molar-refractivity contribution in [3.05, 3.63) is 75.7 Å². The Labute approximate surface area is 153 Å². The number of nitrogens with two attached hydrogens (primary N) is 1. The monoisotopic (exact) mass is 367 g/mol. The fourth-order valence-electron chi connectivity index (χ4n) is 2.52. The van der Waals surface area contributed by atoms with Crippen LogP contribution in [0.15, 0.2) is 59.4 Å². The van der Waals surface area contributed by atoms with E-state index in [1.807, 2.05) is 30.3 Å². The smallest absolute Gasteiger partial charge is 0.274 e. The molecular weight excluding hydrogens is 354 g/mol. The topological polar surface area (TPSA) is 98.3 Å². The maximum Gasteiger partial charge on any atom is 0.274 e. The van der Waals surface area contributed by atoms with Crippen LogP contribution in [0.3, 0.4) is 0 Å². The van der Waals surface area contributed by atoms with Crippen LogP contribution < -0.4 is 16.0 Å². The molecule has 130 valence electrons. The van der Waals surface area contributed by atoms with E-state index in [9.17, 15) is 4.79 Å². The van der Waals surface area contributed by atoms with Crippen LogP contribution in [0.4, 0.5) is 5.69 Å². The Morgan fingerprint density at radius 3 is 2.73 bits per heavy atom. The molecular formula is C18H14ClN5O2. The predicted octanol–water partition coefficient (Wildman–Crippen LogP) is 2.90. The number of halogens is 1. The van der Waals surface area contributed by atoms with Crippen LogP contribution in [0.2, 0.25) is 5.02 Å². The summed E-state index contributed by atoms with van der Waals surface area (Å²) < 4.78 is 6.93. The molecule has 8 heteroatoms. The fraction of sp³-hybridized carbons (Fsp3) is 0.0556. The van der Waals surface area contributed by atoms with Gasteiger partial charge in [0.05, 0.1) is 11.4 Å². The van der Waals surface area contributed by atoms with E-state index in [0.717, 1.165) is 5.56 Å². The maximum atomic E-state index is 12.3. The predicted molar refractivity (Wildman–Crippen MR) is 99.2 cm³/mol. The number of nitrogens with zero attached hydrogens (tertiary/aromatic N) is 3. The van der Waals surface area contributed by atoms with Crippen LogP contribution in [-0.2, 0) is 6.61 Å². The highest BCUT2D eigenvalue weighted by Gasteiger charge is 2.11. The molecule has 0 aliphatic rings. The zero-order valence-electron chi connectivity index (χ0n) is 13.5. The summed E-state index contributed by atoms with van der Waals surface area (Å²) in [5, 5.41) is 3.28. The molecule has 0 aliphatic heterocycles. The van der Waals surface area contributed by atoms with E-state index >= 15 is 0 Å². The number of fused-ring (bicyclic) bond motifs is 1. The van der Waals surface area contributed by atoms with E-state index in [2.05, 4.69) is 15.1 Å². The van der Waals surface area contributed by atoms with Crippen molar-refractivity contribution in [3.8, 4) is 17.1 Å². The van der Waals surface area contributed by atoms with Gasteiger partial charge in [0, 0.05) is 11.6 Å². The van der Waals surface area contributed by atoms with Crippen molar-refractivity contribution in [2.75, 3.05) is 5.73 Å². The quantitative estimate of drug-likeness (QED) is 0.540. The number of nitrogens with one attached hydrogen (secondary N) is 1. The van der Waals surface area contributed by atoms with Gasteiger partial charge in [0.1, 0.15) is 17.4 Å². The van der Waals surface area contributed by atoms with E-state index in [1.54, 1.807) is 18.2 Å². The molecule has 0 saturated carbocycles. The number of anilines is 1. The lowest BCUT2D eigenvalue weighted by atomic mass is 10.2. The van der Waals surface area contributed by atoms with Gasteiger partial charge in [-0.05, 0) is 12.1 Å². The molecule has 4 aromatic rings. The highest BCUT2D eigenvalue weighted by atomic mass is 35.5. The van der Waals surface area contributed by atoms with E-state index in [-0.39, 0.29) is 17.9 Å². The summed E-state index contributed by atoms with van der Waals surface area (Å²) in [5.41, 5.74) is 7.21. The summed E-state index contributed by atoms with van der Waals surface area (Å²) in [7, 11) is 0. The van der Waals surface area contributed by atoms with Crippen LogP contribution in [-0.4, -0.2) is 19.6 Å². The van der Waals surface area contributed by atoms with Gasteiger partial charge in [-0.2, -0.15) is 9.50 Å². The van der Waals surface area contributed by atoms with Crippen molar-refractivity contribution in [1.29, 1.82) is 0 Å². The van der Waals surface area contributed by atoms with Crippen LogP contribution in [0.5, 0.6) is 5.75 Å². The summed E-state index contributed by atoms with van der Waals surface area (Å²) in [6, 6.07) is 16.0. The molecule has 3 N–H and O–H groups in total. The Kier molecular flexibility index (Phi) is 4.06. The first-order valence-corrected chi connectivity index (χ1v) is 8.20. The van der Waals surface area contributed by atoms with Crippen LogP contribution in [0, 0.1) is 0 Å². The Hall–Kier alpha value is -3.32. The van der Waals surface area contributed by atoms with Crippen molar-refractivity contribution in [2.45, 2.75) is 6.61 Å². The average molecular weight is 368 g/mol. The van der Waals surface area contributed by atoms with Gasteiger partial charge in [-0.15, -0.1) is 0 Å². The molecule has 0 amide bonds. The number of aromatic amines is 1. The number of benzene rings is 2. The minimum atomic E-state index is -0.276. The average Bonchev–Trinajstić information content (AvgIpc) is 3.08. The minimum absolute atomic E-state index is 0.0719. The summed E-state index contributed by atoms with van der Waals surface area (Å²) in [5.74, 6) is 1.27. The van der Waals surface area contributed by atoms with Gasteiger partial charge in [-0.25, -0.2) is 4.98 Å². The second-order valence-electron chi connectivity index (χ2n) is 5.61. The Morgan fingerprint density at radius 1 is 1.12 bits per heavy atom. The van der Waals surface area contributed by atoms with Gasteiger partial charge < -0.3 is 10.5 Å². The molecule has 0 atom stereocenters. The first-order chi connectivity index (χ1) is 12.6. The number of rotatable bonds is 4. The van der Waals surface area contributed by atoms with Crippen LogP contribution >= 0.6 is 11.6 Å². The van der Waals surface area contributed by atoms with Crippen LogP contribution in [0.25, 0.3) is 17.2 Å². The lowest BCUT2D eigenvalue weighted by molar-refractivity contribution is 0.301. The second-order valence-corrected chi connectivity index (χ2v) is 5.99. The third-order valence-corrected chi connectivity index (χ3v) is 4.20. The number of aromatic nitrogens is 4. The van der Waals surface area contributed by atoms with Crippen molar-refractivity contribution in [3.63, 3.8) is 0 Å². The summed E-state index contributed by atoms with van der Waals surface area (Å²) in [4.78, 5) is 21.1. The number of ether oxygens (including phenoxy) is 1. The Balaban J connectivity index is 1.65. The number of H-pyrrole nitrogens is 1. The molecule has 0 bridgehead atoms. The van der Waals surface area contributed by atoms with Crippen molar-refractivity contribution >= 4 is 23.1 Å². The first kappa shape index (κ1) is 16.2. The molecule has 0 unspecified atom stereocenters. The number of nitrogen functional groups attached to an aromatic ring is 1. The zero-order valence-corrected chi connectivity index (χ0v) is 14.3. The SMILES string of the molecule is Nc1cccc(OCc2cc(=O)n3[nH]c(-c4ccccc4)nc3n2)c1Cl. The van der Waals surface area contributed by atoms with Gasteiger partial charge in [0.2, 0.25) is 0 Å². The number of hydrogen-bond donors (Lipinski definition) is 2. The molecule has 2 heterocycles. The second kappa shape index (κ2) is 6.53. The van der Waals surface area contributed by atoms with E-state index in [4.69, 9.17) is 22.1 Å². The van der Waals surface area contributed by atoms with Gasteiger partial charge in [0.15, 0.2) is 5.82 Å². The van der Waals surface area contributed by atoms with Crippen molar-refractivity contribution in [2.24, 2.45) is 0 Å². The highest BCUT2D eigenvalue weighted by Crippen LogP contribution is 2.30. The van der Waals surface area contributed by atoms with Crippen molar-refractivity contribution in [1.82, 2.24) is 19.6 Å². The Bertz CT molecular complexity index is 1140.